The Morgan fingerprint density at radius 1 is 1.25 bits per heavy atom. The second-order valence-electron chi connectivity index (χ2n) is 8.51. The minimum absolute atomic E-state index is 0.0343. The Morgan fingerprint density at radius 3 is 2.56 bits per heavy atom. The van der Waals surface area contributed by atoms with Crippen LogP contribution in [-0.4, -0.2) is 62.7 Å². The van der Waals surface area contributed by atoms with Crippen molar-refractivity contribution in [1.82, 2.24) is 10.2 Å². The molecule has 2 aliphatic heterocycles. The summed E-state index contributed by atoms with van der Waals surface area (Å²) in [4.78, 5) is 28.1. The van der Waals surface area contributed by atoms with Crippen molar-refractivity contribution in [1.29, 1.82) is 5.26 Å². The van der Waals surface area contributed by atoms with Crippen LogP contribution in [-0.2, 0) is 27.2 Å². The van der Waals surface area contributed by atoms with E-state index in [1.54, 1.807) is 24.1 Å². The monoisotopic (exact) mass is 436 g/mol. The predicted molar refractivity (Wildman–Crippen MR) is 117 cm³/mol. The molecule has 0 radical (unpaired) electrons. The van der Waals surface area contributed by atoms with Crippen LogP contribution in [0.15, 0.2) is 36.4 Å². The lowest BCUT2D eigenvalue weighted by molar-refractivity contribution is -0.164. The number of carbonyl (C=O) groups is 2. The fourth-order valence-electron chi connectivity index (χ4n) is 4.34. The number of nitrogens with one attached hydrogen (secondary N) is 1. The summed E-state index contributed by atoms with van der Waals surface area (Å²) >= 11 is 0. The van der Waals surface area contributed by atoms with Gasteiger partial charge in [0, 0.05) is 39.4 Å². The van der Waals surface area contributed by atoms with Gasteiger partial charge in [-0.15, -0.1) is 0 Å². The molecule has 166 valence electrons. The molecule has 0 bridgehead atoms. The number of hydrogen-bond acceptors (Lipinski definition) is 5. The molecule has 2 heterocycles. The van der Waals surface area contributed by atoms with Gasteiger partial charge in [-0.1, -0.05) is 24.3 Å². The third-order valence-electron chi connectivity index (χ3n) is 6.29. The molecule has 7 nitrogen and oxygen atoms in total. The summed E-state index contributed by atoms with van der Waals surface area (Å²) in [6.45, 7) is 0.885. The van der Waals surface area contributed by atoms with E-state index in [1.807, 2.05) is 36.2 Å². The highest BCUT2D eigenvalue weighted by Crippen LogP contribution is 2.33. The Labute approximate surface area is 186 Å². The van der Waals surface area contributed by atoms with Crippen molar-refractivity contribution in [3.63, 3.8) is 0 Å². The first kappa shape index (κ1) is 21.9. The maximum Gasteiger partial charge on any atom is 0.255 e. The summed E-state index contributed by atoms with van der Waals surface area (Å²) in [5.74, 6) is -0.780. The molecule has 0 aliphatic carbocycles. The quantitative estimate of drug-likeness (QED) is 0.748. The number of likely N-dealkylation sites (N-methyl/N-ethyl adjacent to an activating group) is 2. The normalized spacial score (nSPS) is 18.0. The van der Waals surface area contributed by atoms with Crippen molar-refractivity contribution >= 4 is 17.5 Å². The molecule has 32 heavy (non-hydrogen) atoms. The van der Waals surface area contributed by atoms with E-state index in [0.29, 0.717) is 30.6 Å². The van der Waals surface area contributed by atoms with Crippen molar-refractivity contribution in [2.45, 2.75) is 24.5 Å². The Hall–Kier alpha value is -3.28. The zero-order valence-corrected chi connectivity index (χ0v) is 18.3. The summed E-state index contributed by atoms with van der Waals surface area (Å²) < 4.78 is 20.3. The fourth-order valence-corrected chi connectivity index (χ4v) is 4.34. The Balaban J connectivity index is 1.48. The Kier molecular flexibility index (Phi) is 5.71. The molecule has 0 saturated carbocycles. The molecule has 1 atom stereocenters. The standard InChI is InChI=1S/C24H25FN4O3/c1-28-13-24(14-28,32-3)23(31)27-19(12-26)8-17-6-4-15(9-20(17)25)16-5-7-18-11-22(30)29(2)21(18)10-16/h4-7,9-10,19H,8,11,13-14H2,1-3H3,(H,27,31)/t19-/m0/s1. The molecule has 2 aromatic rings. The number of likely N-dealkylation sites (tertiary alicyclic amines) is 1. The van der Waals surface area contributed by atoms with Crippen molar-refractivity contribution in [2.75, 3.05) is 39.2 Å². The van der Waals surface area contributed by atoms with E-state index in [-0.39, 0.29) is 18.2 Å². The third kappa shape index (κ3) is 3.85. The number of nitriles is 1. The average Bonchev–Trinajstić information content (AvgIpc) is 3.04. The van der Waals surface area contributed by atoms with Gasteiger partial charge in [-0.2, -0.15) is 5.26 Å². The van der Waals surface area contributed by atoms with E-state index >= 15 is 0 Å². The molecule has 1 fully saturated rings. The van der Waals surface area contributed by atoms with Crippen LogP contribution in [0.4, 0.5) is 10.1 Å². The molecular formula is C24H25FN4O3. The second-order valence-corrected chi connectivity index (χ2v) is 8.51. The van der Waals surface area contributed by atoms with E-state index in [9.17, 15) is 19.2 Å². The highest BCUT2D eigenvalue weighted by atomic mass is 19.1. The summed E-state index contributed by atoms with van der Waals surface area (Å²) in [5.41, 5.74) is 2.64. The lowest BCUT2D eigenvalue weighted by Crippen LogP contribution is -2.69. The fraction of sp³-hybridized carbons (Fsp3) is 0.375. The van der Waals surface area contributed by atoms with Gasteiger partial charge in [0.15, 0.2) is 5.60 Å². The van der Waals surface area contributed by atoms with E-state index in [1.165, 1.54) is 13.2 Å². The lowest BCUT2D eigenvalue weighted by Gasteiger charge is -2.45. The van der Waals surface area contributed by atoms with Gasteiger partial charge in [-0.05, 0) is 41.4 Å². The number of carbonyl (C=O) groups excluding carboxylic acids is 2. The van der Waals surface area contributed by atoms with Crippen LogP contribution in [0, 0.1) is 17.1 Å². The number of hydrogen-bond donors (Lipinski definition) is 1. The number of benzene rings is 2. The first-order chi connectivity index (χ1) is 15.3. The van der Waals surface area contributed by atoms with Gasteiger partial charge in [-0.3, -0.25) is 14.5 Å². The molecule has 0 aromatic heterocycles. The van der Waals surface area contributed by atoms with E-state index in [2.05, 4.69) is 5.32 Å². The Bertz CT molecular complexity index is 1120. The SMILES string of the molecule is COC1(C(=O)N[C@H](C#N)Cc2ccc(-c3ccc4c(c3)N(C)C(=O)C4)cc2F)CN(C)C1. The van der Waals surface area contributed by atoms with Crippen LogP contribution in [0.3, 0.4) is 0 Å². The first-order valence-corrected chi connectivity index (χ1v) is 10.4. The molecule has 2 aromatic carbocycles. The molecule has 4 rings (SSSR count). The molecule has 8 heteroatoms. The smallest absolute Gasteiger partial charge is 0.255 e. The van der Waals surface area contributed by atoms with Crippen LogP contribution in [0.25, 0.3) is 11.1 Å². The summed E-state index contributed by atoms with van der Waals surface area (Å²) in [6, 6.07) is 11.6. The van der Waals surface area contributed by atoms with Crippen LogP contribution < -0.4 is 10.2 Å². The van der Waals surface area contributed by atoms with E-state index < -0.39 is 17.5 Å². The molecule has 1 saturated heterocycles. The predicted octanol–water partition coefficient (Wildman–Crippen LogP) is 1.89. The molecule has 0 unspecified atom stereocenters. The molecule has 1 N–H and O–H groups in total. The summed E-state index contributed by atoms with van der Waals surface area (Å²) in [7, 11) is 5.08. The van der Waals surface area contributed by atoms with Crippen molar-refractivity contribution in [3.8, 4) is 17.2 Å². The molecule has 0 spiro atoms. The number of fused-ring (bicyclic) bond motifs is 1. The van der Waals surface area contributed by atoms with Crippen LogP contribution in [0.2, 0.25) is 0 Å². The highest BCUT2D eigenvalue weighted by molar-refractivity contribution is 6.01. The van der Waals surface area contributed by atoms with Gasteiger partial charge in [0.05, 0.1) is 12.5 Å². The minimum atomic E-state index is -0.964. The molecule has 2 aliphatic rings. The molecular weight excluding hydrogens is 411 g/mol. The number of ether oxygens (including phenoxy) is 1. The largest absolute Gasteiger partial charge is 0.366 e. The number of methoxy groups -OCH3 is 1. The third-order valence-corrected chi connectivity index (χ3v) is 6.29. The van der Waals surface area contributed by atoms with Crippen LogP contribution >= 0.6 is 0 Å². The van der Waals surface area contributed by atoms with Gasteiger partial charge in [0.2, 0.25) is 5.91 Å². The average molecular weight is 436 g/mol. The van der Waals surface area contributed by atoms with Gasteiger partial charge >= 0.3 is 0 Å². The molecule has 2 amide bonds. The van der Waals surface area contributed by atoms with Crippen LogP contribution in [0.5, 0.6) is 0 Å². The van der Waals surface area contributed by atoms with Gasteiger partial charge in [-0.25, -0.2) is 4.39 Å². The van der Waals surface area contributed by atoms with E-state index in [0.717, 1.165) is 16.8 Å². The van der Waals surface area contributed by atoms with Crippen LogP contribution in [0.1, 0.15) is 11.1 Å². The second kappa shape index (κ2) is 8.34. The number of anilines is 1. The maximum absolute atomic E-state index is 14.9. The highest BCUT2D eigenvalue weighted by Gasteiger charge is 2.48. The zero-order chi connectivity index (χ0) is 23.0. The summed E-state index contributed by atoms with van der Waals surface area (Å²) in [5, 5.41) is 12.2. The Morgan fingerprint density at radius 2 is 1.94 bits per heavy atom. The van der Waals surface area contributed by atoms with Crippen molar-refractivity contribution in [2.24, 2.45) is 0 Å². The zero-order valence-electron chi connectivity index (χ0n) is 18.3. The van der Waals surface area contributed by atoms with Gasteiger partial charge in [0.1, 0.15) is 11.9 Å². The van der Waals surface area contributed by atoms with Crippen molar-refractivity contribution in [3.05, 3.63) is 53.3 Å². The topological polar surface area (TPSA) is 85.7 Å². The van der Waals surface area contributed by atoms with Gasteiger partial charge in [0.25, 0.3) is 5.91 Å². The summed E-state index contributed by atoms with van der Waals surface area (Å²) in [6.07, 6.45) is 0.423. The number of nitrogens with zero attached hydrogens (tertiary/aromatic N) is 3. The maximum atomic E-state index is 14.9. The number of halogens is 1. The number of rotatable bonds is 6. The lowest BCUT2D eigenvalue weighted by atomic mass is 9.92. The number of amides is 2. The first-order valence-electron chi connectivity index (χ1n) is 10.4. The van der Waals surface area contributed by atoms with E-state index in [4.69, 9.17) is 4.74 Å². The minimum Gasteiger partial charge on any atom is -0.366 e. The van der Waals surface area contributed by atoms with Crippen molar-refractivity contribution < 1.29 is 18.7 Å². The van der Waals surface area contributed by atoms with Gasteiger partial charge < -0.3 is 15.0 Å².